The lowest BCUT2D eigenvalue weighted by Crippen LogP contribution is -2.43. The second kappa shape index (κ2) is 6.53. The standard InChI is InChI=1S/C10H22N2OS/c1-3-12-7-4-10(5-8-12)11-6-9-14(2)13/h10-11H,3-9H2,1-2H3. The Morgan fingerprint density at radius 1 is 1.43 bits per heavy atom. The highest BCUT2D eigenvalue weighted by atomic mass is 32.2. The molecule has 1 aliphatic heterocycles. The normalized spacial score (nSPS) is 22.4. The van der Waals surface area contributed by atoms with Crippen molar-refractivity contribution in [2.75, 3.05) is 38.2 Å². The summed E-state index contributed by atoms with van der Waals surface area (Å²) in [7, 11) is -0.651. The maximum atomic E-state index is 10.8. The van der Waals surface area contributed by atoms with E-state index in [-0.39, 0.29) is 0 Å². The number of likely N-dealkylation sites (tertiary alicyclic amines) is 1. The molecule has 1 saturated heterocycles. The van der Waals surface area contributed by atoms with E-state index in [0.717, 1.165) is 12.3 Å². The molecule has 1 N–H and O–H groups in total. The summed E-state index contributed by atoms with van der Waals surface area (Å²) in [6.45, 7) is 6.71. The van der Waals surface area contributed by atoms with Crippen molar-refractivity contribution >= 4 is 10.8 Å². The Morgan fingerprint density at radius 3 is 2.57 bits per heavy atom. The Labute approximate surface area is 89.7 Å². The molecule has 1 aliphatic rings. The van der Waals surface area contributed by atoms with Crippen LogP contribution in [0, 0.1) is 0 Å². The van der Waals surface area contributed by atoms with Crippen molar-refractivity contribution in [1.82, 2.24) is 10.2 Å². The van der Waals surface area contributed by atoms with Crippen LogP contribution < -0.4 is 5.32 Å². The van der Waals surface area contributed by atoms with Crippen LogP contribution in [-0.4, -0.2) is 53.3 Å². The van der Waals surface area contributed by atoms with E-state index in [1.54, 1.807) is 6.26 Å². The monoisotopic (exact) mass is 218 g/mol. The predicted octanol–water partition coefficient (Wildman–Crippen LogP) is 0.439. The molecule has 0 spiro atoms. The molecular formula is C10H22N2OS. The fourth-order valence-electron chi connectivity index (χ4n) is 1.86. The molecule has 0 aliphatic carbocycles. The maximum absolute atomic E-state index is 10.8. The molecule has 0 amide bonds. The van der Waals surface area contributed by atoms with Crippen LogP contribution in [-0.2, 0) is 10.8 Å². The highest BCUT2D eigenvalue weighted by Crippen LogP contribution is 2.09. The van der Waals surface area contributed by atoms with Crippen molar-refractivity contribution in [1.29, 1.82) is 0 Å². The second-order valence-electron chi connectivity index (χ2n) is 3.94. The fraction of sp³-hybridized carbons (Fsp3) is 1.00. The van der Waals surface area contributed by atoms with Gasteiger partial charge in [0.1, 0.15) is 0 Å². The van der Waals surface area contributed by atoms with Crippen LogP contribution in [0.2, 0.25) is 0 Å². The molecule has 0 aromatic carbocycles. The molecule has 1 atom stereocenters. The number of nitrogens with zero attached hydrogens (tertiary/aromatic N) is 1. The molecule has 0 aromatic heterocycles. The zero-order chi connectivity index (χ0) is 10.4. The summed E-state index contributed by atoms with van der Waals surface area (Å²) in [6.07, 6.45) is 4.25. The Morgan fingerprint density at radius 2 is 2.07 bits per heavy atom. The molecule has 1 rings (SSSR count). The van der Waals surface area contributed by atoms with Gasteiger partial charge in [-0.1, -0.05) is 6.92 Å². The smallest absolute Gasteiger partial charge is 0.0357 e. The van der Waals surface area contributed by atoms with Crippen molar-refractivity contribution in [2.45, 2.75) is 25.8 Å². The zero-order valence-corrected chi connectivity index (χ0v) is 10.1. The number of hydrogen-bond acceptors (Lipinski definition) is 3. The van der Waals surface area contributed by atoms with E-state index >= 15 is 0 Å². The Balaban J connectivity index is 2.07. The van der Waals surface area contributed by atoms with Crippen molar-refractivity contribution in [3.05, 3.63) is 0 Å². The third kappa shape index (κ3) is 4.53. The van der Waals surface area contributed by atoms with Crippen molar-refractivity contribution in [2.24, 2.45) is 0 Å². The topological polar surface area (TPSA) is 32.3 Å². The minimum Gasteiger partial charge on any atom is -0.313 e. The lowest BCUT2D eigenvalue weighted by Gasteiger charge is -2.31. The lowest BCUT2D eigenvalue weighted by atomic mass is 10.1. The highest BCUT2D eigenvalue weighted by molar-refractivity contribution is 7.84. The van der Waals surface area contributed by atoms with Crippen LogP contribution >= 0.6 is 0 Å². The first-order valence-electron chi connectivity index (χ1n) is 5.48. The summed E-state index contributed by atoms with van der Waals surface area (Å²) in [5, 5.41) is 3.48. The average Bonchev–Trinajstić information content (AvgIpc) is 2.18. The van der Waals surface area contributed by atoms with Gasteiger partial charge in [-0.15, -0.1) is 0 Å². The van der Waals surface area contributed by atoms with E-state index in [9.17, 15) is 4.21 Å². The van der Waals surface area contributed by atoms with Gasteiger partial charge in [-0.05, 0) is 32.5 Å². The van der Waals surface area contributed by atoms with Crippen molar-refractivity contribution in [3.63, 3.8) is 0 Å². The van der Waals surface area contributed by atoms with Gasteiger partial charge in [0.15, 0.2) is 0 Å². The summed E-state index contributed by atoms with van der Waals surface area (Å²) >= 11 is 0. The Kier molecular flexibility index (Phi) is 5.67. The predicted molar refractivity (Wildman–Crippen MR) is 62.1 cm³/mol. The van der Waals surface area contributed by atoms with Gasteiger partial charge < -0.3 is 10.2 Å². The molecule has 1 unspecified atom stereocenters. The molecule has 1 heterocycles. The van der Waals surface area contributed by atoms with Crippen LogP contribution in [0.1, 0.15) is 19.8 Å². The molecule has 84 valence electrons. The minimum atomic E-state index is -0.651. The number of nitrogens with one attached hydrogen (secondary N) is 1. The lowest BCUT2D eigenvalue weighted by molar-refractivity contribution is 0.208. The summed E-state index contributed by atoms with van der Waals surface area (Å²) in [6, 6.07) is 0.654. The summed E-state index contributed by atoms with van der Waals surface area (Å²) < 4.78 is 10.8. The quantitative estimate of drug-likeness (QED) is 0.727. The van der Waals surface area contributed by atoms with Gasteiger partial charge in [0, 0.05) is 35.4 Å². The van der Waals surface area contributed by atoms with E-state index in [1.807, 2.05) is 0 Å². The van der Waals surface area contributed by atoms with Gasteiger partial charge in [0.25, 0.3) is 0 Å². The largest absolute Gasteiger partial charge is 0.313 e. The fourth-order valence-corrected chi connectivity index (χ4v) is 2.27. The summed E-state index contributed by atoms with van der Waals surface area (Å²) in [5.41, 5.74) is 0. The van der Waals surface area contributed by atoms with Crippen LogP contribution in [0.3, 0.4) is 0 Å². The van der Waals surface area contributed by atoms with Gasteiger partial charge in [-0.2, -0.15) is 0 Å². The highest BCUT2D eigenvalue weighted by Gasteiger charge is 2.16. The zero-order valence-electron chi connectivity index (χ0n) is 9.29. The first kappa shape index (κ1) is 12.1. The number of piperidine rings is 1. The second-order valence-corrected chi connectivity index (χ2v) is 5.49. The summed E-state index contributed by atoms with van der Waals surface area (Å²) in [4.78, 5) is 2.48. The van der Waals surface area contributed by atoms with Crippen molar-refractivity contribution < 1.29 is 4.21 Å². The number of hydrogen-bond donors (Lipinski definition) is 1. The van der Waals surface area contributed by atoms with Gasteiger partial charge in [-0.25, -0.2) is 0 Å². The molecule has 14 heavy (non-hydrogen) atoms. The molecular weight excluding hydrogens is 196 g/mol. The number of rotatable bonds is 5. The average molecular weight is 218 g/mol. The van der Waals surface area contributed by atoms with Gasteiger partial charge in [-0.3, -0.25) is 4.21 Å². The van der Waals surface area contributed by atoms with Gasteiger partial charge in [0.2, 0.25) is 0 Å². The van der Waals surface area contributed by atoms with E-state index in [0.29, 0.717) is 6.04 Å². The molecule has 0 bridgehead atoms. The summed E-state index contributed by atoms with van der Waals surface area (Å²) in [5.74, 6) is 0.786. The van der Waals surface area contributed by atoms with Crippen LogP contribution in [0.5, 0.6) is 0 Å². The van der Waals surface area contributed by atoms with E-state index < -0.39 is 10.8 Å². The van der Waals surface area contributed by atoms with E-state index in [1.165, 1.54) is 32.5 Å². The van der Waals surface area contributed by atoms with Crippen LogP contribution in [0.25, 0.3) is 0 Å². The Bertz CT molecular complexity index is 179. The van der Waals surface area contributed by atoms with Crippen LogP contribution in [0.15, 0.2) is 0 Å². The Hall–Kier alpha value is 0.0700. The molecule has 4 heteroatoms. The first-order chi connectivity index (χ1) is 6.72. The van der Waals surface area contributed by atoms with E-state index in [2.05, 4.69) is 17.1 Å². The first-order valence-corrected chi connectivity index (χ1v) is 7.21. The molecule has 3 nitrogen and oxygen atoms in total. The SMILES string of the molecule is CCN1CCC(NCCS(C)=O)CC1. The molecule has 0 radical (unpaired) electrons. The van der Waals surface area contributed by atoms with E-state index in [4.69, 9.17) is 0 Å². The minimum absolute atomic E-state index is 0.651. The third-order valence-electron chi connectivity index (χ3n) is 2.86. The van der Waals surface area contributed by atoms with Crippen LogP contribution in [0.4, 0.5) is 0 Å². The van der Waals surface area contributed by atoms with Crippen molar-refractivity contribution in [3.8, 4) is 0 Å². The van der Waals surface area contributed by atoms with Gasteiger partial charge in [0.05, 0.1) is 0 Å². The van der Waals surface area contributed by atoms with Gasteiger partial charge >= 0.3 is 0 Å². The molecule has 0 saturated carbocycles. The molecule has 0 aromatic rings. The maximum Gasteiger partial charge on any atom is 0.0357 e. The third-order valence-corrected chi connectivity index (χ3v) is 3.64. The molecule has 1 fully saturated rings.